The second kappa shape index (κ2) is 7.53. The number of benzene rings is 1. The van der Waals surface area contributed by atoms with Crippen LogP contribution in [0.2, 0.25) is 0 Å². The Morgan fingerprint density at radius 1 is 1.13 bits per heavy atom. The molecule has 30 heavy (non-hydrogen) atoms. The highest BCUT2D eigenvalue weighted by molar-refractivity contribution is 7.88. The maximum absolute atomic E-state index is 13.0. The Morgan fingerprint density at radius 2 is 1.77 bits per heavy atom. The molecule has 8 nitrogen and oxygen atoms in total. The van der Waals surface area contributed by atoms with Gasteiger partial charge in [-0.2, -0.15) is 0 Å². The van der Waals surface area contributed by atoms with Crippen molar-refractivity contribution in [1.29, 1.82) is 0 Å². The third-order valence-corrected chi connectivity index (χ3v) is 9.00. The van der Waals surface area contributed by atoms with Crippen molar-refractivity contribution < 1.29 is 18.0 Å². The van der Waals surface area contributed by atoms with Crippen molar-refractivity contribution in [3.63, 3.8) is 0 Å². The van der Waals surface area contributed by atoms with Crippen molar-refractivity contribution in [2.45, 2.75) is 24.1 Å². The summed E-state index contributed by atoms with van der Waals surface area (Å²) in [5.74, 6) is -0.0637. The lowest BCUT2D eigenvalue weighted by Crippen LogP contribution is -2.57. The number of hydrogen-bond donors (Lipinski definition) is 0. The first-order valence-corrected chi connectivity index (χ1v) is 12.0. The molecule has 2 atom stereocenters. The molecule has 164 valence electrons. The topological polar surface area (TPSA) is 81.2 Å². The Labute approximate surface area is 178 Å². The van der Waals surface area contributed by atoms with Crippen molar-refractivity contribution in [3.05, 3.63) is 35.9 Å². The number of piperidine rings is 1. The fourth-order valence-corrected chi connectivity index (χ4v) is 7.02. The lowest BCUT2D eigenvalue weighted by atomic mass is 9.75. The van der Waals surface area contributed by atoms with Crippen molar-refractivity contribution in [3.8, 4) is 0 Å². The molecule has 1 aromatic carbocycles. The van der Waals surface area contributed by atoms with Gasteiger partial charge in [0.2, 0.25) is 15.9 Å². The van der Waals surface area contributed by atoms with Gasteiger partial charge in [-0.05, 0) is 18.4 Å². The van der Waals surface area contributed by atoms with Crippen LogP contribution in [0.4, 0.5) is 4.79 Å². The van der Waals surface area contributed by atoms with Crippen LogP contribution < -0.4 is 0 Å². The summed E-state index contributed by atoms with van der Waals surface area (Å²) in [7, 11) is 1.86. The van der Waals surface area contributed by atoms with Gasteiger partial charge in [-0.3, -0.25) is 4.79 Å². The van der Waals surface area contributed by atoms with E-state index in [2.05, 4.69) is 0 Å². The number of hydrogen-bond acceptors (Lipinski definition) is 4. The van der Waals surface area contributed by atoms with E-state index in [1.54, 1.807) is 28.2 Å². The molecular formula is C21H30N4O4S. The van der Waals surface area contributed by atoms with E-state index in [0.29, 0.717) is 39.0 Å². The zero-order valence-corrected chi connectivity index (χ0v) is 18.6. The van der Waals surface area contributed by atoms with Crippen LogP contribution in [0.5, 0.6) is 0 Å². The minimum Gasteiger partial charge on any atom is -0.339 e. The molecule has 9 heteroatoms. The van der Waals surface area contributed by atoms with Gasteiger partial charge in [0.05, 0.1) is 17.2 Å². The highest BCUT2D eigenvalue weighted by Gasteiger charge is 2.61. The first-order chi connectivity index (χ1) is 14.2. The molecule has 1 spiro atoms. The van der Waals surface area contributed by atoms with E-state index < -0.39 is 10.0 Å². The summed E-state index contributed by atoms with van der Waals surface area (Å²) in [6.07, 6.45) is 1.21. The smallest absolute Gasteiger partial charge is 0.319 e. The molecule has 0 aliphatic carbocycles. The zero-order valence-electron chi connectivity index (χ0n) is 17.8. The van der Waals surface area contributed by atoms with E-state index in [0.717, 1.165) is 5.56 Å². The normalized spacial score (nSPS) is 26.3. The monoisotopic (exact) mass is 434 g/mol. The molecule has 1 aromatic rings. The van der Waals surface area contributed by atoms with E-state index in [-0.39, 0.29) is 35.1 Å². The maximum Gasteiger partial charge on any atom is 0.319 e. The Morgan fingerprint density at radius 3 is 2.37 bits per heavy atom. The molecule has 0 radical (unpaired) electrons. The summed E-state index contributed by atoms with van der Waals surface area (Å²) in [5, 5.41) is 0. The number of nitrogens with zero attached hydrogens (tertiary/aromatic N) is 4. The standard InChI is InChI=1S/C21H30N4O4S/c1-22(2)20(27)24-13-17-18(14-24)21(23(3)19(17)26)9-11-25(12-10-21)30(28,29)15-16-7-5-4-6-8-16/h4-8,17-18H,9-15H2,1-3H3/t17-,18+/m0/s1. The Kier molecular flexibility index (Phi) is 5.30. The molecule has 3 amide bonds. The maximum atomic E-state index is 13.0. The average Bonchev–Trinajstić information content (AvgIpc) is 3.24. The number of carbonyl (C=O) groups is 2. The molecule has 0 unspecified atom stereocenters. The number of sulfonamides is 1. The van der Waals surface area contributed by atoms with Crippen molar-refractivity contribution in [1.82, 2.24) is 19.0 Å². The molecule has 0 aromatic heterocycles. The van der Waals surface area contributed by atoms with E-state index >= 15 is 0 Å². The largest absolute Gasteiger partial charge is 0.339 e. The number of rotatable bonds is 3. The van der Waals surface area contributed by atoms with Gasteiger partial charge >= 0.3 is 6.03 Å². The summed E-state index contributed by atoms with van der Waals surface area (Å²) in [6, 6.07) is 9.14. The van der Waals surface area contributed by atoms with Gasteiger partial charge in [0.1, 0.15) is 0 Å². The second-order valence-electron chi connectivity index (χ2n) is 8.94. The molecule has 3 aliphatic rings. The third kappa shape index (κ3) is 3.37. The van der Waals surface area contributed by atoms with E-state index in [9.17, 15) is 18.0 Å². The number of amides is 3. The first kappa shape index (κ1) is 21.1. The molecule has 0 bridgehead atoms. The molecular weight excluding hydrogens is 404 g/mol. The fourth-order valence-electron chi connectivity index (χ4n) is 5.49. The van der Waals surface area contributed by atoms with Crippen LogP contribution in [0.3, 0.4) is 0 Å². The quantitative estimate of drug-likeness (QED) is 0.712. The summed E-state index contributed by atoms with van der Waals surface area (Å²) in [4.78, 5) is 30.5. The predicted molar refractivity (Wildman–Crippen MR) is 113 cm³/mol. The Bertz CT molecular complexity index is 926. The molecule has 3 aliphatic heterocycles. The fraction of sp³-hybridized carbons (Fsp3) is 0.619. The van der Waals surface area contributed by atoms with Crippen molar-refractivity contribution in [2.75, 3.05) is 47.3 Å². The summed E-state index contributed by atoms with van der Waals surface area (Å²) < 4.78 is 27.4. The minimum atomic E-state index is -3.41. The number of likely N-dealkylation sites (tertiary alicyclic amines) is 2. The zero-order chi connectivity index (χ0) is 21.7. The predicted octanol–water partition coefficient (Wildman–Crippen LogP) is 1.05. The van der Waals surface area contributed by atoms with Crippen LogP contribution >= 0.6 is 0 Å². The average molecular weight is 435 g/mol. The van der Waals surface area contributed by atoms with Gasteiger partial charge in [0, 0.05) is 53.2 Å². The number of urea groups is 1. The van der Waals surface area contributed by atoms with Crippen LogP contribution in [0, 0.1) is 11.8 Å². The van der Waals surface area contributed by atoms with Gasteiger partial charge in [0.15, 0.2) is 0 Å². The first-order valence-electron chi connectivity index (χ1n) is 10.4. The van der Waals surface area contributed by atoms with Crippen LogP contribution in [-0.4, -0.2) is 92.2 Å². The summed E-state index contributed by atoms with van der Waals surface area (Å²) >= 11 is 0. The Balaban J connectivity index is 1.49. The highest BCUT2D eigenvalue weighted by Crippen LogP contribution is 2.49. The third-order valence-electron chi connectivity index (χ3n) is 7.15. The van der Waals surface area contributed by atoms with Crippen LogP contribution in [0.25, 0.3) is 0 Å². The van der Waals surface area contributed by atoms with E-state index in [4.69, 9.17) is 0 Å². The van der Waals surface area contributed by atoms with Gasteiger partial charge < -0.3 is 14.7 Å². The molecule has 0 N–H and O–H groups in total. The van der Waals surface area contributed by atoms with E-state index in [1.165, 1.54) is 0 Å². The summed E-state index contributed by atoms with van der Waals surface area (Å²) in [6.45, 7) is 1.80. The van der Waals surface area contributed by atoms with E-state index in [1.807, 2.05) is 42.3 Å². The number of fused-ring (bicyclic) bond motifs is 2. The highest BCUT2D eigenvalue weighted by atomic mass is 32.2. The van der Waals surface area contributed by atoms with Gasteiger partial charge in [0.25, 0.3) is 0 Å². The lowest BCUT2D eigenvalue weighted by Gasteiger charge is -2.46. The van der Waals surface area contributed by atoms with Crippen LogP contribution in [0.1, 0.15) is 18.4 Å². The molecule has 3 fully saturated rings. The molecule has 0 saturated carbocycles. The second-order valence-corrected chi connectivity index (χ2v) is 10.9. The van der Waals surface area contributed by atoms with Crippen LogP contribution in [0.15, 0.2) is 30.3 Å². The molecule has 3 heterocycles. The van der Waals surface area contributed by atoms with Gasteiger partial charge in [-0.15, -0.1) is 0 Å². The van der Waals surface area contributed by atoms with Crippen molar-refractivity contribution >= 4 is 22.0 Å². The Hall–Kier alpha value is -2.13. The molecule has 3 saturated heterocycles. The van der Waals surface area contributed by atoms with Gasteiger partial charge in [-0.25, -0.2) is 17.5 Å². The number of carbonyl (C=O) groups excluding carboxylic acids is 2. The van der Waals surface area contributed by atoms with Crippen molar-refractivity contribution in [2.24, 2.45) is 11.8 Å². The minimum absolute atomic E-state index is 0.00716. The van der Waals surface area contributed by atoms with Gasteiger partial charge in [-0.1, -0.05) is 30.3 Å². The SMILES string of the molecule is CN(C)C(=O)N1C[C@@H]2C(=O)N(C)C3(CCN(S(=O)(=O)Cc4ccccc4)CC3)[C@@H]2C1. The molecule has 4 rings (SSSR count). The lowest BCUT2D eigenvalue weighted by molar-refractivity contribution is -0.133. The summed E-state index contributed by atoms with van der Waals surface area (Å²) in [5.41, 5.74) is 0.404. The van der Waals surface area contributed by atoms with Crippen LogP contribution in [-0.2, 0) is 20.6 Å².